The fraction of sp³-hybridized carbons (Fsp3) is 0.235. The van der Waals surface area contributed by atoms with Crippen molar-refractivity contribution in [1.82, 2.24) is 0 Å². The summed E-state index contributed by atoms with van der Waals surface area (Å²) in [6.07, 6.45) is 0. The van der Waals surface area contributed by atoms with Gasteiger partial charge in [0.25, 0.3) is 0 Å². The molecule has 9 heteroatoms. The van der Waals surface area contributed by atoms with Gasteiger partial charge in [0.15, 0.2) is 0 Å². The van der Waals surface area contributed by atoms with Crippen LogP contribution in [0.2, 0.25) is 0 Å². The van der Waals surface area contributed by atoms with E-state index >= 15 is 0 Å². The lowest BCUT2D eigenvalue weighted by Crippen LogP contribution is -2.32. The quantitative estimate of drug-likeness (QED) is 0.675. The van der Waals surface area contributed by atoms with E-state index in [1.807, 2.05) is 0 Å². The maximum absolute atomic E-state index is 12.3. The van der Waals surface area contributed by atoms with E-state index in [4.69, 9.17) is 14.6 Å². The van der Waals surface area contributed by atoms with Crippen molar-refractivity contribution in [3.63, 3.8) is 0 Å². The van der Waals surface area contributed by atoms with Gasteiger partial charge in [0, 0.05) is 11.8 Å². The van der Waals surface area contributed by atoms with Gasteiger partial charge in [0.05, 0.1) is 24.8 Å². The molecule has 0 saturated heterocycles. The van der Waals surface area contributed by atoms with Crippen molar-refractivity contribution >= 4 is 27.3 Å². The molecule has 8 nitrogen and oxygen atoms in total. The maximum Gasteiger partial charge on any atom is 0.246 e. The fourth-order valence-corrected chi connectivity index (χ4v) is 2.71. The molecule has 0 bridgehead atoms. The monoisotopic (exact) mass is 379 g/mol. The molecule has 0 heterocycles. The van der Waals surface area contributed by atoms with Gasteiger partial charge in [-0.15, -0.1) is 0 Å². The van der Waals surface area contributed by atoms with Crippen molar-refractivity contribution in [1.29, 1.82) is 0 Å². The number of methoxy groups -OCH3 is 2. The molecule has 26 heavy (non-hydrogen) atoms. The van der Waals surface area contributed by atoms with Crippen molar-refractivity contribution in [2.75, 3.05) is 24.9 Å². The van der Waals surface area contributed by atoms with Gasteiger partial charge >= 0.3 is 0 Å². The Bertz CT molecular complexity index is 882. The maximum atomic E-state index is 12.3. The van der Waals surface area contributed by atoms with Gasteiger partial charge in [-0.1, -0.05) is 0 Å². The second kappa shape index (κ2) is 8.07. The predicted molar refractivity (Wildman–Crippen MR) is 99.1 cm³/mol. The molecule has 1 atom stereocenters. The summed E-state index contributed by atoms with van der Waals surface area (Å²) in [5.41, 5.74) is 1.10. The third-order valence-corrected chi connectivity index (χ3v) is 4.55. The summed E-state index contributed by atoms with van der Waals surface area (Å²) in [6, 6.07) is 10.2. The Labute approximate surface area is 152 Å². The van der Waals surface area contributed by atoms with Crippen LogP contribution >= 0.6 is 0 Å². The number of amides is 1. The molecule has 0 saturated carbocycles. The molecule has 0 aliphatic carbocycles. The van der Waals surface area contributed by atoms with Crippen molar-refractivity contribution in [2.24, 2.45) is 5.14 Å². The number of hydrogen-bond acceptors (Lipinski definition) is 6. The molecule has 0 spiro atoms. The minimum atomic E-state index is -3.77. The number of carbonyl (C=O) groups is 1. The zero-order chi connectivity index (χ0) is 19.3. The number of sulfonamides is 1. The van der Waals surface area contributed by atoms with Gasteiger partial charge in [-0.05, 0) is 43.3 Å². The van der Waals surface area contributed by atoms with Crippen LogP contribution in [-0.4, -0.2) is 34.6 Å². The molecule has 4 N–H and O–H groups in total. The van der Waals surface area contributed by atoms with Crippen LogP contribution in [0.5, 0.6) is 11.5 Å². The highest BCUT2D eigenvalue weighted by molar-refractivity contribution is 7.89. The molecule has 0 aliphatic heterocycles. The smallest absolute Gasteiger partial charge is 0.246 e. The molecule has 2 aromatic carbocycles. The van der Waals surface area contributed by atoms with Crippen LogP contribution in [0.3, 0.4) is 0 Å². The van der Waals surface area contributed by atoms with E-state index in [0.717, 1.165) is 0 Å². The molecule has 2 aromatic rings. The number of ether oxygens (including phenoxy) is 2. The molecule has 1 unspecified atom stereocenters. The normalized spacial score (nSPS) is 12.2. The van der Waals surface area contributed by atoms with E-state index in [9.17, 15) is 13.2 Å². The zero-order valence-corrected chi connectivity index (χ0v) is 15.5. The first kappa shape index (κ1) is 19.5. The Morgan fingerprint density at radius 1 is 1.08 bits per heavy atom. The number of benzene rings is 2. The molecular formula is C17H21N3O5S. The molecule has 0 aromatic heterocycles. The van der Waals surface area contributed by atoms with Crippen LogP contribution in [0.25, 0.3) is 0 Å². The van der Waals surface area contributed by atoms with Gasteiger partial charge < -0.3 is 20.1 Å². The molecule has 2 rings (SSSR count). The Morgan fingerprint density at radius 3 is 2.27 bits per heavy atom. The Balaban J connectivity index is 2.06. The number of anilines is 2. The Hall–Kier alpha value is -2.78. The molecule has 0 fully saturated rings. The first-order chi connectivity index (χ1) is 12.2. The lowest BCUT2D eigenvalue weighted by atomic mass is 10.2. The summed E-state index contributed by atoms with van der Waals surface area (Å²) in [6.45, 7) is 1.69. The standard InChI is InChI=1S/C17H21N3O5S/c1-11(19-15-9-6-13(24-2)10-16(15)25-3)17(21)20-12-4-7-14(8-5-12)26(18,22)23/h4-11,19H,1-3H3,(H,20,21)(H2,18,22,23). The summed E-state index contributed by atoms with van der Waals surface area (Å²) >= 11 is 0. The summed E-state index contributed by atoms with van der Waals surface area (Å²) in [5.74, 6) is 0.882. The minimum Gasteiger partial charge on any atom is -0.497 e. The largest absolute Gasteiger partial charge is 0.497 e. The first-order valence-electron chi connectivity index (χ1n) is 7.67. The third kappa shape index (κ3) is 4.87. The number of primary sulfonamides is 1. The van der Waals surface area contributed by atoms with Crippen LogP contribution in [-0.2, 0) is 14.8 Å². The van der Waals surface area contributed by atoms with Crippen LogP contribution in [0.4, 0.5) is 11.4 Å². The summed E-state index contributed by atoms with van der Waals surface area (Å²) in [5, 5.41) is 10.8. The molecule has 0 radical (unpaired) electrons. The number of nitrogens with one attached hydrogen (secondary N) is 2. The third-order valence-electron chi connectivity index (χ3n) is 3.62. The summed E-state index contributed by atoms with van der Waals surface area (Å²) in [4.78, 5) is 12.3. The van der Waals surface area contributed by atoms with Crippen LogP contribution in [0, 0.1) is 0 Å². The Morgan fingerprint density at radius 2 is 1.73 bits per heavy atom. The summed E-state index contributed by atoms with van der Waals surface area (Å²) < 4.78 is 32.9. The summed E-state index contributed by atoms with van der Waals surface area (Å²) in [7, 11) is -0.688. The Kier molecular flexibility index (Phi) is 6.06. The van der Waals surface area contributed by atoms with Crippen LogP contribution in [0.15, 0.2) is 47.4 Å². The highest BCUT2D eigenvalue weighted by atomic mass is 32.2. The van der Waals surface area contributed by atoms with Gasteiger partial charge in [0.2, 0.25) is 15.9 Å². The number of rotatable bonds is 7. The van der Waals surface area contributed by atoms with E-state index in [1.165, 1.54) is 31.4 Å². The number of hydrogen-bond donors (Lipinski definition) is 3. The average molecular weight is 379 g/mol. The topological polar surface area (TPSA) is 120 Å². The lowest BCUT2D eigenvalue weighted by molar-refractivity contribution is -0.116. The predicted octanol–water partition coefficient (Wildman–Crippen LogP) is 1.79. The molecule has 0 aliphatic rings. The SMILES string of the molecule is COc1ccc(NC(C)C(=O)Nc2ccc(S(N)(=O)=O)cc2)c(OC)c1. The second-order valence-corrected chi connectivity index (χ2v) is 7.05. The molecular weight excluding hydrogens is 358 g/mol. The molecule has 140 valence electrons. The van der Waals surface area contributed by atoms with Crippen molar-refractivity contribution in [2.45, 2.75) is 17.9 Å². The van der Waals surface area contributed by atoms with Gasteiger partial charge in [0.1, 0.15) is 17.5 Å². The van der Waals surface area contributed by atoms with Crippen molar-refractivity contribution in [3.8, 4) is 11.5 Å². The molecule has 1 amide bonds. The zero-order valence-electron chi connectivity index (χ0n) is 14.6. The lowest BCUT2D eigenvalue weighted by Gasteiger charge is -2.18. The van der Waals surface area contributed by atoms with E-state index in [1.54, 1.807) is 32.2 Å². The fourth-order valence-electron chi connectivity index (χ4n) is 2.20. The minimum absolute atomic E-state index is 0.0235. The van der Waals surface area contributed by atoms with E-state index < -0.39 is 16.1 Å². The van der Waals surface area contributed by atoms with Crippen LogP contribution < -0.4 is 25.2 Å². The number of carbonyl (C=O) groups excluding carboxylic acids is 1. The average Bonchev–Trinajstić information content (AvgIpc) is 2.61. The highest BCUT2D eigenvalue weighted by Gasteiger charge is 2.16. The number of nitrogens with two attached hydrogens (primary N) is 1. The highest BCUT2D eigenvalue weighted by Crippen LogP contribution is 2.29. The first-order valence-corrected chi connectivity index (χ1v) is 9.21. The van der Waals surface area contributed by atoms with Crippen molar-refractivity contribution in [3.05, 3.63) is 42.5 Å². The van der Waals surface area contributed by atoms with E-state index in [-0.39, 0.29) is 10.8 Å². The van der Waals surface area contributed by atoms with Crippen LogP contribution in [0.1, 0.15) is 6.92 Å². The van der Waals surface area contributed by atoms with Gasteiger partial charge in [-0.25, -0.2) is 13.6 Å². The van der Waals surface area contributed by atoms with E-state index in [0.29, 0.717) is 22.9 Å². The van der Waals surface area contributed by atoms with Crippen molar-refractivity contribution < 1.29 is 22.7 Å². The van der Waals surface area contributed by atoms with E-state index in [2.05, 4.69) is 10.6 Å². The second-order valence-electron chi connectivity index (χ2n) is 5.49. The van der Waals surface area contributed by atoms with Gasteiger partial charge in [-0.2, -0.15) is 0 Å². The van der Waals surface area contributed by atoms with Gasteiger partial charge in [-0.3, -0.25) is 4.79 Å².